The summed E-state index contributed by atoms with van der Waals surface area (Å²) in [5, 5.41) is 2.84. The smallest absolute Gasteiger partial charge is 0.256 e. The molecule has 8 heteroatoms. The molecule has 0 saturated carbocycles. The predicted octanol–water partition coefficient (Wildman–Crippen LogP) is 2.03. The SMILES string of the molecule is O=C(Cc1csc(Cc2ccccc2)n1)NNC(=O)C1CC(c2ccccc2)NN1. The van der Waals surface area contributed by atoms with Gasteiger partial charge in [0.1, 0.15) is 6.04 Å². The van der Waals surface area contributed by atoms with Gasteiger partial charge in [-0.2, -0.15) is 0 Å². The second-order valence-corrected chi connectivity index (χ2v) is 8.09. The summed E-state index contributed by atoms with van der Waals surface area (Å²) in [5.74, 6) is -0.581. The van der Waals surface area contributed by atoms with Crippen molar-refractivity contribution in [1.29, 1.82) is 0 Å². The van der Waals surface area contributed by atoms with Crippen molar-refractivity contribution in [3.63, 3.8) is 0 Å². The minimum absolute atomic E-state index is 0.0516. The molecule has 2 aromatic carbocycles. The van der Waals surface area contributed by atoms with E-state index < -0.39 is 6.04 Å². The molecule has 1 aromatic heterocycles. The summed E-state index contributed by atoms with van der Waals surface area (Å²) >= 11 is 1.53. The molecule has 2 atom stereocenters. The highest BCUT2D eigenvalue weighted by atomic mass is 32.1. The summed E-state index contributed by atoms with van der Waals surface area (Å²) in [5.41, 5.74) is 14.1. The number of benzene rings is 2. The van der Waals surface area contributed by atoms with Gasteiger partial charge in [-0.25, -0.2) is 15.8 Å². The number of hydrazine groups is 2. The second-order valence-electron chi connectivity index (χ2n) is 7.15. The quantitative estimate of drug-likeness (QED) is 0.457. The lowest BCUT2D eigenvalue weighted by Crippen LogP contribution is -2.50. The molecule has 0 bridgehead atoms. The lowest BCUT2D eigenvalue weighted by Gasteiger charge is -2.11. The Morgan fingerprint density at radius 3 is 2.50 bits per heavy atom. The van der Waals surface area contributed by atoms with Crippen LogP contribution in [0.4, 0.5) is 0 Å². The van der Waals surface area contributed by atoms with E-state index in [0.29, 0.717) is 12.1 Å². The van der Waals surface area contributed by atoms with E-state index in [1.54, 1.807) is 0 Å². The van der Waals surface area contributed by atoms with Gasteiger partial charge in [-0.3, -0.25) is 20.4 Å². The molecule has 30 heavy (non-hydrogen) atoms. The summed E-state index contributed by atoms with van der Waals surface area (Å²) in [6.07, 6.45) is 1.46. The average molecular weight is 422 g/mol. The highest BCUT2D eigenvalue weighted by Crippen LogP contribution is 2.21. The minimum Gasteiger partial charge on any atom is -0.273 e. The minimum atomic E-state index is -0.424. The Bertz CT molecular complexity index is 993. The van der Waals surface area contributed by atoms with E-state index in [-0.39, 0.29) is 24.3 Å². The van der Waals surface area contributed by atoms with Crippen LogP contribution in [0.2, 0.25) is 0 Å². The van der Waals surface area contributed by atoms with Crippen molar-refractivity contribution in [3.8, 4) is 0 Å². The van der Waals surface area contributed by atoms with Crippen molar-refractivity contribution in [2.24, 2.45) is 0 Å². The van der Waals surface area contributed by atoms with Gasteiger partial charge in [0.25, 0.3) is 5.91 Å². The van der Waals surface area contributed by atoms with Crippen LogP contribution in [-0.4, -0.2) is 22.8 Å². The topological polar surface area (TPSA) is 95.2 Å². The second kappa shape index (κ2) is 9.62. The highest BCUT2D eigenvalue weighted by Gasteiger charge is 2.30. The number of thiazole rings is 1. The number of aromatic nitrogens is 1. The molecule has 0 spiro atoms. The first-order valence-electron chi connectivity index (χ1n) is 9.79. The van der Waals surface area contributed by atoms with Crippen LogP contribution in [0.1, 0.15) is 34.3 Å². The lowest BCUT2D eigenvalue weighted by molar-refractivity contribution is -0.129. The summed E-state index contributed by atoms with van der Waals surface area (Å²) in [6, 6.07) is 19.6. The third kappa shape index (κ3) is 5.29. The fraction of sp³-hybridized carbons (Fsp3) is 0.227. The van der Waals surface area contributed by atoms with Crippen LogP contribution in [0.15, 0.2) is 66.0 Å². The maximum Gasteiger partial charge on any atom is 0.256 e. The molecule has 2 unspecified atom stereocenters. The Labute approximate surface area is 178 Å². The lowest BCUT2D eigenvalue weighted by atomic mass is 10.0. The van der Waals surface area contributed by atoms with E-state index in [0.717, 1.165) is 17.0 Å². The number of hydrogen-bond donors (Lipinski definition) is 4. The van der Waals surface area contributed by atoms with Gasteiger partial charge in [-0.15, -0.1) is 11.3 Å². The molecule has 0 radical (unpaired) electrons. The first kappa shape index (κ1) is 20.2. The number of amides is 2. The average Bonchev–Trinajstić information content (AvgIpc) is 3.43. The Morgan fingerprint density at radius 2 is 1.73 bits per heavy atom. The standard InChI is InChI=1S/C22H23N5O2S/c28-20(12-17-14-30-21(23-17)11-15-7-3-1-4-8-15)26-27-22(29)19-13-18(24-25-19)16-9-5-2-6-10-16/h1-10,14,18-19,24-25H,11-13H2,(H,26,28)(H,27,29). The molecular weight excluding hydrogens is 398 g/mol. The van der Waals surface area contributed by atoms with E-state index in [9.17, 15) is 9.59 Å². The first-order valence-corrected chi connectivity index (χ1v) is 10.7. The number of hydrogen-bond acceptors (Lipinski definition) is 6. The third-order valence-corrected chi connectivity index (χ3v) is 5.78. The van der Waals surface area contributed by atoms with Crippen molar-refractivity contribution in [2.75, 3.05) is 0 Å². The van der Waals surface area contributed by atoms with Crippen LogP contribution < -0.4 is 21.7 Å². The Morgan fingerprint density at radius 1 is 1.00 bits per heavy atom. The van der Waals surface area contributed by atoms with Crippen LogP contribution in [0.5, 0.6) is 0 Å². The van der Waals surface area contributed by atoms with Crippen molar-refractivity contribution in [2.45, 2.75) is 31.3 Å². The zero-order chi connectivity index (χ0) is 20.8. The monoisotopic (exact) mass is 421 g/mol. The number of nitrogens with zero attached hydrogens (tertiary/aromatic N) is 1. The van der Waals surface area contributed by atoms with E-state index in [4.69, 9.17) is 0 Å². The summed E-state index contributed by atoms with van der Waals surface area (Å²) in [7, 11) is 0. The van der Waals surface area contributed by atoms with Crippen LogP contribution in [-0.2, 0) is 22.4 Å². The largest absolute Gasteiger partial charge is 0.273 e. The zero-order valence-electron chi connectivity index (χ0n) is 16.3. The van der Waals surface area contributed by atoms with Crippen molar-refractivity contribution < 1.29 is 9.59 Å². The maximum atomic E-state index is 12.3. The van der Waals surface area contributed by atoms with E-state index in [2.05, 4.69) is 38.8 Å². The van der Waals surface area contributed by atoms with Crippen molar-refractivity contribution in [1.82, 2.24) is 26.7 Å². The molecule has 1 aliphatic rings. The number of rotatable bonds is 6. The van der Waals surface area contributed by atoms with E-state index in [1.165, 1.54) is 16.9 Å². The third-order valence-electron chi connectivity index (χ3n) is 4.89. The van der Waals surface area contributed by atoms with Crippen LogP contribution in [0.3, 0.4) is 0 Å². The summed E-state index contributed by atoms with van der Waals surface area (Å²) < 4.78 is 0. The molecule has 7 nitrogen and oxygen atoms in total. The number of carbonyl (C=O) groups is 2. The molecule has 1 saturated heterocycles. The normalized spacial score (nSPS) is 18.1. The number of carbonyl (C=O) groups excluding carboxylic acids is 2. The van der Waals surface area contributed by atoms with Gasteiger partial charge in [-0.1, -0.05) is 60.7 Å². The van der Waals surface area contributed by atoms with Crippen LogP contribution in [0, 0.1) is 0 Å². The van der Waals surface area contributed by atoms with Gasteiger partial charge in [0.2, 0.25) is 5.91 Å². The zero-order valence-corrected chi connectivity index (χ0v) is 17.1. The van der Waals surface area contributed by atoms with Crippen LogP contribution in [0.25, 0.3) is 0 Å². The van der Waals surface area contributed by atoms with Gasteiger partial charge in [0, 0.05) is 17.8 Å². The molecule has 2 amide bonds. The molecule has 2 heterocycles. The molecular formula is C22H23N5O2S. The van der Waals surface area contributed by atoms with Crippen LogP contribution >= 0.6 is 11.3 Å². The predicted molar refractivity (Wildman–Crippen MR) is 115 cm³/mol. The molecule has 0 aliphatic carbocycles. The molecule has 154 valence electrons. The fourth-order valence-corrected chi connectivity index (χ4v) is 4.17. The first-order chi connectivity index (χ1) is 14.7. The Hall–Kier alpha value is -3.07. The van der Waals surface area contributed by atoms with Gasteiger partial charge in [-0.05, 0) is 17.5 Å². The molecule has 1 fully saturated rings. The maximum absolute atomic E-state index is 12.3. The Balaban J connectivity index is 1.22. The van der Waals surface area contributed by atoms with Gasteiger partial charge in [0.15, 0.2) is 0 Å². The molecule has 4 N–H and O–H groups in total. The Kier molecular flexibility index (Phi) is 6.48. The highest BCUT2D eigenvalue weighted by molar-refractivity contribution is 7.09. The van der Waals surface area contributed by atoms with E-state index >= 15 is 0 Å². The van der Waals surface area contributed by atoms with Crippen molar-refractivity contribution >= 4 is 23.2 Å². The molecule has 1 aliphatic heterocycles. The summed E-state index contributed by atoms with van der Waals surface area (Å²) in [6.45, 7) is 0. The van der Waals surface area contributed by atoms with Crippen molar-refractivity contribution in [3.05, 3.63) is 87.9 Å². The van der Waals surface area contributed by atoms with E-state index in [1.807, 2.05) is 53.9 Å². The molecule has 3 aromatic rings. The fourth-order valence-electron chi connectivity index (χ4n) is 3.34. The summed E-state index contributed by atoms with van der Waals surface area (Å²) in [4.78, 5) is 29.0. The molecule has 4 rings (SSSR count). The van der Waals surface area contributed by atoms with Gasteiger partial charge in [0.05, 0.1) is 17.1 Å². The van der Waals surface area contributed by atoms with Gasteiger partial charge < -0.3 is 0 Å². The van der Waals surface area contributed by atoms with Gasteiger partial charge >= 0.3 is 0 Å². The number of nitrogens with one attached hydrogen (secondary N) is 4.